The highest BCUT2D eigenvalue weighted by molar-refractivity contribution is 6.30. The average Bonchev–Trinajstić information content (AvgIpc) is 3.12. The van der Waals surface area contributed by atoms with Gasteiger partial charge in [-0.2, -0.15) is 0 Å². The molecule has 5 nitrogen and oxygen atoms in total. The molecule has 0 spiro atoms. The molecule has 1 atom stereocenters. The number of anilines is 2. The van der Waals surface area contributed by atoms with Crippen LogP contribution in [-0.2, 0) is 11.2 Å². The summed E-state index contributed by atoms with van der Waals surface area (Å²) in [4.78, 5) is 26.8. The molecule has 136 valence electrons. The zero-order chi connectivity index (χ0) is 18.5. The summed E-state index contributed by atoms with van der Waals surface area (Å²) in [5.74, 6) is -0.159. The Balaban J connectivity index is 1.64. The van der Waals surface area contributed by atoms with E-state index in [1.807, 2.05) is 24.3 Å². The number of carbonyl (C=O) groups excluding carboxylic acids is 2. The number of likely N-dealkylation sites (tertiary alicyclic amines) is 1. The molecule has 1 aliphatic rings. The summed E-state index contributed by atoms with van der Waals surface area (Å²) in [6.07, 6.45) is 2.41. The van der Waals surface area contributed by atoms with Gasteiger partial charge in [0, 0.05) is 22.9 Å². The van der Waals surface area contributed by atoms with Crippen molar-refractivity contribution in [1.29, 1.82) is 0 Å². The zero-order valence-electron chi connectivity index (χ0n) is 14.7. The number of hydrogen-bond acceptors (Lipinski definition) is 2. The molecule has 0 aliphatic carbocycles. The van der Waals surface area contributed by atoms with Crippen molar-refractivity contribution in [3.05, 3.63) is 59.1 Å². The molecular weight excluding hydrogens is 350 g/mol. The van der Waals surface area contributed by atoms with Crippen molar-refractivity contribution in [2.24, 2.45) is 0 Å². The van der Waals surface area contributed by atoms with E-state index in [1.165, 1.54) is 5.56 Å². The quantitative estimate of drug-likeness (QED) is 0.828. The second kappa shape index (κ2) is 8.23. The summed E-state index contributed by atoms with van der Waals surface area (Å²) in [5, 5.41) is 6.27. The predicted molar refractivity (Wildman–Crippen MR) is 105 cm³/mol. The molecule has 3 rings (SSSR count). The van der Waals surface area contributed by atoms with Crippen LogP contribution >= 0.6 is 11.6 Å². The molecular formula is C20H22ClN3O2. The SMILES string of the molecule is CCc1ccc(NC(=O)[C@@H]2CCCN2C(=O)Nc2cccc(Cl)c2)cc1. The third-order valence-corrected chi connectivity index (χ3v) is 4.76. The standard InChI is InChI=1S/C20H22ClN3O2/c1-2-14-8-10-16(11-9-14)22-19(25)18-7-4-12-24(18)20(26)23-17-6-3-5-15(21)13-17/h3,5-6,8-11,13,18H,2,4,7,12H2,1H3,(H,22,25)(H,23,26)/t18-/m0/s1. The van der Waals surface area contributed by atoms with Crippen LogP contribution in [0, 0.1) is 0 Å². The molecule has 0 aromatic heterocycles. The number of carbonyl (C=O) groups is 2. The molecule has 0 bridgehead atoms. The van der Waals surface area contributed by atoms with Gasteiger partial charge in [0.05, 0.1) is 0 Å². The molecule has 1 fully saturated rings. The first-order valence-corrected chi connectivity index (χ1v) is 9.17. The molecule has 2 aromatic rings. The Labute approximate surface area is 158 Å². The van der Waals surface area contributed by atoms with Gasteiger partial charge >= 0.3 is 6.03 Å². The molecule has 1 aliphatic heterocycles. The minimum absolute atomic E-state index is 0.159. The van der Waals surface area contributed by atoms with Crippen molar-refractivity contribution in [1.82, 2.24) is 4.90 Å². The number of amides is 3. The average molecular weight is 372 g/mol. The van der Waals surface area contributed by atoms with Crippen LogP contribution in [0.2, 0.25) is 5.02 Å². The Bertz CT molecular complexity index is 792. The van der Waals surface area contributed by atoms with E-state index in [0.717, 1.165) is 18.5 Å². The Morgan fingerprint density at radius 3 is 2.58 bits per heavy atom. The number of hydrogen-bond donors (Lipinski definition) is 2. The Hall–Kier alpha value is -2.53. The number of rotatable bonds is 4. The van der Waals surface area contributed by atoms with E-state index in [1.54, 1.807) is 29.2 Å². The second-order valence-corrected chi connectivity index (χ2v) is 6.77. The first kappa shape index (κ1) is 18.3. The predicted octanol–water partition coefficient (Wildman–Crippen LogP) is 4.54. The second-order valence-electron chi connectivity index (χ2n) is 6.33. The molecule has 1 heterocycles. The Kier molecular flexibility index (Phi) is 5.78. The van der Waals surface area contributed by atoms with E-state index >= 15 is 0 Å². The highest BCUT2D eigenvalue weighted by Gasteiger charge is 2.34. The van der Waals surface area contributed by atoms with Crippen LogP contribution in [0.1, 0.15) is 25.3 Å². The normalized spacial score (nSPS) is 16.4. The third-order valence-electron chi connectivity index (χ3n) is 4.52. The van der Waals surface area contributed by atoms with Crippen LogP contribution in [0.4, 0.5) is 16.2 Å². The fourth-order valence-corrected chi connectivity index (χ4v) is 3.28. The lowest BCUT2D eigenvalue weighted by atomic mass is 10.1. The van der Waals surface area contributed by atoms with Crippen molar-refractivity contribution in [3.63, 3.8) is 0 Å². The van der Waals surface area contributed by atoms with E-state index in [9.17, 15) is 9.59 Å². The molecule has 0 radical (unpaired) electrons. The third kappa shape index (κ3) is 4.35. The van der Waals surface area contributed by atoms with Crippen LogP contribution in [0.3, 0.4) is 0 Å². The lowest BCUT2D eigenvalue weighted by Crippen LogP contribution is -2.45. The monoisotopic (exact) mass is 371 g/mol. The van der Waals surface area contributed by atoms with Crippen LogP contribution in [0.25, 0.3) is 0 Å². The Morgan fingerprint density at radius 2 is 1.88 bits per heavy atom. The summed E-state index contributed by atoms with van der Waals surface area (Å²) in [7, 11) is 0. The fourth-order valence-electron chi connectivity index (χ4n) is 3.09. The first-order valence-electron chi connectivity index (χ1n) is 8.80. The van der Waals surface area contributed by atoms with Gasteiger partial charge in [-0.3, -0.25) is 4.79 Å². The maximum Gasteiger partial charge on any atom is 0.322 e. The molecule has 6 heteroatoms. The van der Waals surface area contributed by atoms with Gasteiger partial charge in [0.1, 0.15) is 6.04 Å². The van der Waals surface area contributed by atoms with E-state index in [4.69, 9.17) is 11.6 Å². The Morgan fingerprint density at radius 1 is 1.12 bits per heavy atom. The van der Waals surface area contributed by atoms with Crippen LogP contribution < -0.4 is 10.6 Å². The van der Waals surface area contributed by atoms with E-state index in [0.29, 0.717) is 23.7 Å². The van der Waals surface area contributed by atoms with Gasteiger partial charge in [-0.15, -0.1) is 0 Å². The largest absolute Gasteiger partial charge is 0.324 e. The molecule has 2 aromatic carbocycles. The minimum atomic E-state index is -0.472. The molecule has 0 saturated carbocycles. The highest BCUT2D eigenvalue weighted by Crippen LogP contribution is 2.22. The molecule has 2 N–H and O–H groups in total. The van der Waals surface area contributed by atoms with Crippen molar-refractivity contribution < 1.29 is 9.59 Å². The fraction of sp³-hybridized carbons (Fsp3) is 0.300. The number of urea groups is 1. The van der Waals surface area contributed by atoms with Gasteiger partial charge < -0.3 is 15.5 Å². The lowest BCUT2D eigenvalue weighted by molar-refractivity contribution is -0.119. The van der Waals surface area contributed by atoms with Crippen molar-refractivity contribution in [2.75, 3.05) is 17.2 Å². The van der Waals surface area contributed by atoms with Crippen LogP contribution in [0.15, 0.2) is 48.5 Å². The molecule has 26 heavy (non-hydrogen) atoms. The summed E-state index contributed by atoms with van der Waals surface area (Å²) in [6, 6.07) is 14.0. The van der Waals surface area contributed by atoms with E-state index in [-0.39, 0.29) is 11.9 Å². The maximum absolute atomic E-state index is 12.6. The van der Waals surface area contributed by atoms with Crippen LogP contribution in [0.5, 0.6) is 0 Å². The molecule has 0 unspecified atom stereocenters. The summed E-state index contributed by atoms with van der Waals surface area (Å²) in [6.45, 7) is 2.64. The van der Waals surface area contributed by atoms with E-state index < -0.39 is 6.04 Å². The number of nitrogens with one attached hydrogen (secondary N) is 2. The van der Waals surface area contributed by atoms with Gasteiger partial charge in [0.25, 0.3) is 0 Å². The van der Waals surface area contributed by atoms with Gasteiger partial charge in [0.15, 0.2) is 0 Å². The maximum atomic E-state index is 12.6. The number of nitrogens with zero attached hydrogens (tertiary/aromatic N) is 1. The minimum Gasteiger partial charge on any atom is -0.324 e. The summed E-state index contributed by atoms with van der Waals surface area (Å²) < 4.78 is 0. The highest BCUT2D eigenvalue weighted by atomic mass is 35.5. The van der Waals surface area contributed by atoms with E-state index in [2.05, 4.69) is 17.6 Å². The first-order chi connectivity index (χ1) is 12.6. The van der Waals surface area contributed by atoms with Gasteiger partial charge in [-0.25, -0.2) is 4.79 Å². The van der Waals surface area contributed by atoms with Gasteiger partial charge in [0.2, 0.25) is 5.91 Å². The number of benzene rings is 2. The summed E-state index contributed by atoms with van der Waals surface area (Å²) in [5.41, 5.74) is 2.57. The van der Waals surface area contributed by atoms with Crippen LogP contribution in [-0.4, -0.2) is 29.4 Å². The van der Waals surface area contributed by atoms with Crippen molar-refractivity contribution in [2.45, 2.75) is 32.2 Å². The molecule has 3 amide bonds. The topological polar surface area (TPSA) is 61.4 Å². The smallest absolute Gasteiger partial charge is 0.322 e. The van der Waals surface area contributed by atoms with Gasteiger partial charge in [-0.1, -0.05) is 36.7 Å². The van der Waals surface area contributed by atoms with Gasteiger partial charge in [-0.05, 0) is 55.2 Å². The molecule has 1 saturated heterocycles. The zero-order valence-corrected chi connectivity index (χ0v) is 15.4. The number of aryl methyl sites for hydroxylation is 1. The van der Waals surface area contributed by atoms with Crippen molar-refractivity contribution in [3.8, 4) is 0 Å². The number of halogens is 1. The van der Waals surface area contributed by atoms with Crippen molar-refractivity contribution >= 4 is 34.9 Å². The lowest BCUT2D eigenvalue weighted by Gasteiger charge is -2.24. The summed E-state index contributed by atoms with van der Waals surface area (Å²) >= 11 is 5.95.